The molecule has 2 nitrogen and oxygen atoms in total. The minimum atomic E-state index is -2.93. The van der Waals surface area contributed by atoms with Crippen LogP contribution in [0.3, 0.4) is 0 Å². The first-order valence-corrected chi connectivity index (χ1v) is 4.65. The van der Waals surface area contributed by atoms with Gasteiger partial charge in [-0.05, 0) is 24.1 Å². The summed E-state index contributed by atoms with van der Waals surface area (Å²) in [6, 6.07) is 4.54. The molecule has 0 radical (unpaired) electrons. The fraction of sp³-hybridized carbons (Fsp3) is 0.455. The summed E-state index contributed by atoms with van der Waals surface area (Å²) in [6.45, 7) is 0.772. The Morgan fingerprint density at radius 2 is 2.07 bits per heavy atom. The molecule has 15 heavy (non-hydrogen) atoms. The van der Waals surface area contributed by atoms with Crippen molar-refractivity contribution in [3.8, 4) is 5.75 Å². The lowest BCUT2D eigenvalue weighted by Crippen LogP contribution is -2.10. The SMILES string of the molecule is COc1ccc(CCO)cc1C(C)(F)F. The number of aliphatic hydroxyl groups excluding tert-OH is 1. The van der Waals surface area contributed by atoms with E-state index in [2.05, 4.69) is 0 Å². The number of hydrogen-bond acceptors (Lipinski definition) is 2. The van der Waals surface area contributed by atoms with E-state index in [1.165, 1.54) is 19.2 Å². The first-order valence-electron chi connectivity index (χ1n) is 4.65. The van der Waals surface area contributed by atoms with Crippen molar-refractivity contribution in [1.82, 2.24) is 0 Å². The number of benzene rings is 1. The second kappa shape index (κ2) is 4.57. The van der Waals surface area contributed by atoms with Crippen LogP contribution in [0, 0.1) is 0 Å². The van der Waals surface area contributed by atoms with E-state index in [0.717, 1.165) is 6.92 Å². The Kier molecular flexibility index (Phi) is 3.63. The predicted molar refractivity (Wildman–Crippen MR) is 53.4 cm³/mol. The molecule has 1 rings (SSSR count). The van der Waals surface area contributed by atoms with Crippen molar-refractivity contribution in [2.24, 2.45) is 0 Å². The summed E-state index contributed by atoms with van der Waals surface area (Å²) in [5, 5.41) is 8.72. The number of alkyl halides is 2. The predicted octanol–water partition coefficient (Wildman–Crippen LogP) is 2.34. The highest BCUT2D eigenvalue weighted by atomic mass is 19.3. The molecule has 4 heteroatoms. The molecule has 0 saturated heterocycles. The molecule has 1 aromatic rings. The lowest BCUT2D eigenvalue weighted by atomic mass is 10.0. The van der Waals surface area contributed by atoms with Crippen LogP contribution in [0.25, 0.3) is 0 Å². The average molecular weight is 216 g/mol. The molecule has 0 aliphatic heterocycles. The summed E-state index contributed by atoms with van der Waals surface area (Å²) >= 11 is 0. The molecule has 0 fully saturated rings. The molecule has 0 atom stereocenters. The van der Waals surface area contributed by atoms with Gasteiger partial charge < -0.3 is 9.84 Å². The number of aliphatic hydroxyl groups is 1. The second-order valence-corrected chi connectivity index (χ2v) is 3.40. The van der Waals surface area contributed by atoms with Crippen LogP contribution in [-0.2, 0) is 12.3 Å². The molecule has 1 N–H and O–H groups in total. The number of rotatable bonds is 4. The third kappa shape index (κ3) is 2.89. The molecule has 0 aromatic heterocycles. The van der Waals surface area contributed by atoms with Gasteiger partial charge in [0.25, 0.3) is 5.92 Å². The maximum absolute atomic E-state index is 13.2. The molecule has 0 aliphatic rings. The fourth-order valence-electron chi connectivity index (χ4n) is 1.38. The molecular weight excluding hydrogens is 202 g/mol. The van der Waals surface area contributed by atoms with Gasteiger partial charge in [0.05, 0.1) is 12.7 Å². The van der Waals surface area contributed by atoms with Crippen molar-refractivity contribution in [3.05, 3.63) is 29.3 Å². The van der Waals surface area contributed by atoms with Crippen LogP contribution in [-0.4, -0.2) is 18.8 Å². The summed E-state index contributed by atoms with van der Waals surface area (Å²) in [4.78, 5) is 0. The zero-order valence-electron chi connectivity index (χ0n) is 8.76. The van der Waals surface area contributed by atoms with Gasteiger partial charge in [0.15, 0.2) is 0 Å². The Morgan fingerprint density at radius 1 is 1.40 bits per heavy atom. The summed E-state index contributed by atoms with van der Waals surface area (Å²) < 4.78 is 31.2. The molecule has 84 valence electrons. The maximum atomic E-state index is 13.2. The third-order valence-electron chi connectivity index (χ3n) is 2.14. The topological polar surface area (TPSA) is 29.5 Å². The summed E-state index contributed by atoms with van der Waals surface area (Å²) in [7, 11) is 1.36. The minimum Gasteiger partial charge on any atom is -0.496 e. The van der Waals surface area contributed by atoms with Crippen LogP contribution in [0.5, 0.6) is 5.75 Å². The largest absolute Gasteiger partial charge is 0.496 e. The van der Waals surface area contributed by atoms with Crippen molar-refractivity contribution >= 4 is 0 Å². The van der Waals surface area contributed by atoms with E-state index in [1.807, 2.05) is 0 Å². The van der Waals surface area contributed by atoms with E-state index in [4.69, 9.17) is 9.84 Å². The lowest BCUT2D eigenvalue weighted by Gasteiger charge is -2.16. The van der Waals surface area contributed by atoms with Gasteiger partial charge in [-0.3, -0.25) is 0 Å². The zero-order chi connectivity index (χ0) is 11.5. The molecule has 0 saturated carbocycles. The highest BCUT2D eigenvalue weighted by Crippen LogP contribution is 2.35. The van der Waals surface area contributed by atoms with Crippen molar-refractivity contribution in [1.29, 1.82) is 0 Å². The Balaban J connectivity index is 3.13. The smallest absolute Gasteiger partial charge is 0.274 e. The molecule has 0 unspecified atom stereocenters. The summed E-state index contributed by atoms with van der Waals surface area (Å²) in [6.07, 6.45) is 0.368. The Hall–Kier alpha value is -1.16. The van der Waals surface area contributed by atoms with Gasteiger partial charge in [0.2, 0.25) is 0 Å². The Labute approximate surface area is 87.5 Å². The van der Waals surface area contributed by atoms with Crippen LogP contribution < -0.4 is 4.74 Å². The Bertz CT molecular complexity index is 332. The highest BCUT2D eigenvalue weighted by Gasteiger charge is 2.28. The summed E-state index contributed by atoms with van der Waals surface area (Å²) in [5.74, 6) is -2.76. The van der Waals surface area contributed by atoms with Gasteiger partial charge in [-0.2, -0.15) is 0 Å². The van der Waals surface area contributed by atoms with E-state index in [0.29, 0.717) is 12.0 Å². The Morgan fingerprint density at radius 3 is 2.53 bits per heavy atom. The van der Waals surface area contributed by atoms with E-state index in [9.17, 15) is 8.78 Å². The van der Waals surface area contributed by atoms with Gasteiger partial charge in [0, 0.05) is 13.5 Å². The monoisotopic (exact) mass is 216 g/mol. The molecular formula is C11H14F2O2. The normalized spacial score (nSPS) is 11.5. The van der Waals surface area contributed by atoms with Crippen LogP contribution >= 0.6 is 0 Å². The van der Waals surface area contributed by atoms with Crippen LogP contribution in [0.15, 0.2) is 18.2 Å². The van der Waals surface area contributed by atoms with Gasteiger partial charge in [-0.15, -0.1) is 0 Å². The van der Waals surface area contributed by atoms with Gasteiger partial charge in [-0.1, -0.05) is 6.07 Å². The van der Waals surface area contributed by atoms with E-state index in [-0.39, 0.29) is 17.9 Å². The first kappa shape index (κ1) is 11.9. The third-order valence-corrected chi connectivity index (χ3v) is 2.14. The first-order chi connectivity index (χ1) is 6.99. The van der Waals surface area contributed by atoms with E-state index in [1.54, 1.807) is 6.07 Å². The van der Waals surface area contributed by atoms with Gasteiger partial charge in [-0.25, -0.2) is 8.78 Å². The van der Waals surface area contributed by atoms with Gasteiger partial charge >= 0.3 is 0 Å². The number of ether oxygens (including phenoxy) is 1. The molecule has 0 bridgehead atoms. The van der Waals surface area contributed by atoms with E-state index >= 15 is 0 Å². The van der Waals surface area contributed by atoms with Crippen LogP contribution in [0.2, 0.25) is 0 Å². The average Bonchev–Trinajstić information content (AvgIpc) is 2.17. The number of hydrogen-bond donors (Lipinski definition) is 1. The zero-order valence-corrected chi connectivity index (χ0v) is 8.76. The maximum Gasteiger partial charge on any atom is 0.274 e. The molecule has 1 aromatic carbocycles. The summed E-state index contributed by atoms with van der Waals surface area (Å²) in [5.41, 5.74) is 0.533. The van der Waals surface area contributed by atoms with Crippen molar-refractivity contribution < 1.29 is 18.6 Å². The van der Waals surface area contributed by atoms with Crippen molar-refractivity contribution in [3.63, 3.8) is 0 Å². The number of methoxy groups -OCH3 is 1. The van der Waals surface area contributed by atoms with Crippen molar-refractivity contribution in [2.45, 2.75) is 19.3 Å². The molecule has 0 spiro atoms. The second-order valence-electron chi connectivity index (χ2n) is 3.40. The fourth-order valence-corrected chi connectivity index (χ4v) is 1.38. The van der Waals surface area contributed by atoms with Crippen molar-refractivity contribution in [2.75, 3.05) is 13.7 Å². The highest BCUT2D eigenvalue weighted by molar-refractivity contribution is 5.40. The lowest BCUT2D eigenvalue weighted by molar-refractivity contribution is 0.0150. The van der Waals surface area contributed by atoms with Crippen LogP contribution in [0.1, 0.15) is 18.1 Å². The van der Waals surface area contributed by atoms with E-state index < -0.39 is 5.92 Å². The number of halogens is 2. The minimum absolute atomic E-state index is 0.0545. The molecule has 0 aliphatic carbocycles. The molecule has 0 amide bonds. The quantitative estimate of drug-likeness (QED) is 0.837. The van der Waals surface area contributed by atoms with Gasteiger partial charge in [0.1, 0.15) is 5.75 Å². The standard InChI is InChI=1S/C11H14F2O2/c1-11(12,13)9-7-8(5-6-14)3-4-10(9)15-2/h3-4,7,14H,5-6H2,1-2H3. The molecule has 0 heterocycles. The van der Waals surface area contributed by atoms with Crippen LogP contribution in [0.4, 0.5) is 8.78 Å².